The second kappa shape index (κ2) is 7.86. The molecule has 0 N–H and O–H groups in total. The van der Waals surface area contributed by atoms with Gasteiger partial charge in [0.15, 0.2) is 0 Å². The normalized spacial score (nSPS) is 14.9. The van der Waals surface area contributed by atoms with Gasteiger partial charge in [-0.05, 0) is 31.2 Å². The van der Waals surface area contributed by atoms with Crippen LogP contribution < -0.4 is 15.2 Å². The first-order valence-corrected chi connectivity index (χ1v) is 9.26. The Kier molecular flexibility index (Phi) is 5.54. The third kappa shape index (κ3) is 4.32. The molecule has 3 rings (SSSR count). The number of hydrogen-bond donors (Lipinski definition) is 0. The quantitative estimate of drug-likeness (QED) is 0.831. The summed E-state index contributed by atoms with van der Waals surface area (Å²) in [4.78, 5) is 28.6. The van der Waals surface area contributed by atoms with Crippen LogP contribution in [-0.2, 0) is 7.05 Å². The molecule has 2 aromatic rings. The summed E-state index contributed by atoms with van der Waals surface area (Å²) in [5.41, 5.74) is 2.52. The largest absolute Gasteiger partial charge is 0.490 e. The molecule has 0 spiro atoms. The summed E-state index contributed by atoms with van der Waals surface area (Å²) in [6, 6.07) is 11.1. The summed E-state index contributed by atoms with van der Waals surface area (Å²) in [6.07, 6.45) is 1.54. The van der Waals surface area contributed by atoms with Crippen LogP contribution in [-0.4, -0.2) is 48.7 Å². The molecule has 1 aliphatic rings. The maximum Gasteiger partial charge on any atom is 0.254 e. The molecule has 1 aromatic carbocycles. The van der Waals surface area contributed by atoms with Crippen LogP contribution in [0.3, 0.4) is 0 Å². The Balaban J connectivity index is 1.61. The molecule has 6 nitrogen and oxygen atoms in total. The van der Waals surface area contributed by atoms with E-state index in [1.54, 1.807) is 11.6 Å². The molecule has 1 aromatic heterocycles. The maximum atomic E-state index is 12.8. The molecule has 0 radical (unpaired) electrons. The number of piperidine rings is 1. The maximum absolute atomic E-state index is 12.8. The number of aromatic nitrogens is 1. The Hall–Kier alpha value is -2.76. The number of anilines is 1. The summed E-state index contributed by atoms with van der Waals surface area (Å²) < 4.78 is 7.59. The molecule has 0 unspecified atom stereocenters. The monoisotopic (exact) mass is 369 g/mol. The van der Waals surface area contributed by atoms with Crippen molar-refractivity contribution in [3.8, 4) is 5.75 Å². The van der Waals surface area contributed by atoms with Crippen LogP contribution in [0.25, 0.3) is 0 Å². The van der Waals surface area contributed by atoms with E-state index in [1.807, 2.05) is 61.2 Å². The highest BCUT2D eigenvalue weighted by Gasteiger charge is 2.25. The number of carbonyl (C=O) groups excluding carboxylic acids is 1. The molecule has 1 saturated heterocycles. The smallest absolute Gasteiger partial charge is 0.254 e. The fourth-order valence-corrected chi connectivity index (χ4v) is 3.27. The van der Waals surface area contributed by atoms with E-state index >= 15 is 0 Å². The van der Waals surface area contributed by atoms with Crippen LogP contribution in [0.4, 0.5) is 5.69 Å². The topological polar surface area (TPSA) is 54.8 Å². The number of hydrogen-bond acceptors (Lipinski definition) is 4. The zero-order valence-electron chi connectivity index (χ0n) is 16.4. The van der Waals surface area contributed by atoms with Gasteiger partial charge in [0, 0.05) is 70.1 Å². The van der Waals surface area contributed by atoms with Crippen LogP contribution in [0.15, 0.2) is 41.2 Å². The predicted octanol–water partition coefficient (Wildman–Crippen LogP) is 2.44. The summed E-state index contributed by atoms with van der Waals surface area (Å²) >= 11 is 0. The number of likely N-dealkylation sites (tertiary alicyclic amines) is 1. The number of ether oxygens (including phenoxy) is 1. The van der Waals surface area contributed by atoms with E-state index in [0.717, 1.165) is 24.2 Å². The van der Waals surface area contributed by atoms with E-state index in [-0.39, 0.29) is 17.6 Å². The van der Waals surface area contributed by atoms with Gasteiger partial charge >= 0.3 is 0 Å². The Bertz CT molecular complexity index is 880. The molecule has 6 heteroatoms. The third-order valence-corrected chi connectivity index (χ3v) is 5.12. The fraction of sp³-hybridized carbons (Fsp3) is 0.429. The highest BCUT2D eigenvalue weighted by Crippen LogP contribution is 2.21. The molecule has 0 saturated carbocycles. The van der Waals surface area contributed by atoms with Gasteiger partial charge in [0.05, 0.1) is 0 Å². The lowest BCUT2D eigenvalue weighted by atomic mass is 10.1. The minimum absolute atomic E-state index is 0.0219. The zero-order valence-corrected chi connectivity index (χ0v) is 16.4. The van der Waals surface area contributed by atoms with Crippen LogP contribution in [0.2, 0.25) is 0 Å². The van der Waals surface area contributed by atoms with Crippen molar-refractivity contribution < 1.29 is 9.53 Å². The van der Waals surface area contributed by atoms with Crippen molar-refractivity contribution in [2.24, 2.45) is 7.05 Å². The van der Waals surface area contributed by atoms with E-state index in [1.165, 1.54) is 6.07 Å². The van der Waals surface area contributed by atoms with Crippen molar-refractivity contribution in [1.82, 2.24) is 9.47 Å². The molecule has 1 fully saturated rings. The molecule has 1 aliphatic heterocycles. The number of rotatable bonds is 4. The second-order valence-corrected chi connectivity index (χ2v) is 7.28. The van der Waals surface area contributed by atoms with Crippen LogP contribution in [0.5, 0.6) is 5.75 Å². The number of aryl methyl sites for hydroxylation is 1. The molecule has 0 atom stereocenters. The lowest BCUT2D eigenvalue weighted by Gasteiger charge is -2.32. The van der Waals surface area contributed by atoms with E-state index in [4.69, 9.17) is 4.74 Å². The number of carbonyl (C=O) groups is 1. The molecule has 2 heterocycles. The second-order valence-electron chi connectivity index (χ2n) is 7.28. The highest BCUT2D eigenvalue weighted by molar-refractivity contribution is 5.95. The lowest BCUT2D eigenvalue weighted by molar-refractivity contribution is 0.0595. The van der Waals surface area contributed by atoms with Crippen LogP contribution in [0, 0.1) is 6.92 Å². The summed E-state index contributed by atoms with van der Waals surface area (Å²) in [6.45, 7) is 3.19. The summed E-state index contributed by atoms with van der Waals surface area (Å²) in [7, 11) is 5.67. The van der Waals surface area contributed by atoms with Crippen LogP contribution in [0.1, 0.15) is 28.9 Å². The molecule has 27 heavy (non-hydrogen) atoms. The summed E-state index contributed by atoms with van der Waals surface area (Å²) in [5.74, 6) is 0.667. The Morgan fingerprint density at radius 3 is 2.48 bits per heavy atom. The van der Waals surface area contributed by atoms with Crippen molar-refractivity contribution in [1.29, 1.82) is 0 Å². The molecule has 1 amide bonds. The van der Waals surface area contributed by atoms with Gasteiger partial charge in [-0.1, -0.05) is 6.07 Å². The van der Waals surface area contributed by atoms with Gasteiger partial charge < -0.3 is 19.1 Å². The lowest BCUT2D eigenvalue weighted by Crippen LogP contribution is -2.41. The molecule has 0 bridgehead atoms. The van der Waals surface area contributed by atoms with Gasteiger partial charge in [-0.15, -0.1) is 0 Å². The van der Waals surface area contributed by atoms with Gasteiger partial charge in [-0.3, -0.25) is 9.59 Å². The van der Waals surface area contributed by atoms with E-state index < -0.39 is 0 Å². The first kappa shape index (κ1) is 19.0. The van der Waals surface area contributed by atoms with Gasteiger partial charge in [0.2, 0.25) is 0 Å². The molecule has 144 valence electrons. The van der Waals surface area contributed by atoms with Crippen LogP contribution >= 0.6 is 0 Å². The first-order valence-electron chi connectivity index (χ1n) is 9.26. The number of benzene rings is 1. The van der Waals surface area contributed by atoms with E-state index in [9.17, 15) is 9.59 Å². The predicted molar refractivity (Wildman–Crippen MR) is 107 cm³/mol. The molecular formula is C21H27N3O3. The standard InChI is InChI=1S/C21H27N3O3/c1-15-12-19(14-20(25)23(15)4)27-18-8-10-24(11-9-18)21(26)16-6-5-7-17(13-16)22(2)3/h5-7,12-14,18H,8-11H2,1-4H3. The van der Waals surface area contributed by atoms with Crippen molar-refractivity contribution in [2.45, 2.75) is 25.9 Å². The average molecular weight is 369 g/mol. The molecular weight excluding hydrogens is 342 g/mol. The fourth-order valence-electron chi connectivity index (χ4n) is 3.27. The van der Waals surface area contributed by atoms with Gasteiger partial charge in [-0.25, -0.2) is 0 Å². The SMILES string of the molecule is Cc1cc(OC2CCN(C(=O)c3cccc(N(C)C)c3)CC2)cc(=O)n1C. The third-order valence-electron chi connectivity index (χ3n) is 5.12. The summed E-state index contributed by atoms with van der Waals surface area (Å²) in [5, 5.41) is 0. The Labute approximate surface area is 160 Å². The number of pyridine rings is 1. The first-order chi connectivity index (χ1) is 12.8. The van der Waals surface area contributed by atoms with Crippen molar-refractivity contribution in [3.63, 3.8) is 0 Å². The van der Waals surface area contributed by atoms with E-state index in [2.05, 4.69) is 0 Å². The van der Waals surface area contributed by atoms with Crippen molar-refractivity contribution in [3.05, 3.63) is 58.0 Å². The van der Waals surface area contributed by atoms with E-state index in [0.29, 0.717) is 24.4 Å². The van der Waals surface area contributed by atoms with Gasteiger partial charge in [0.25, 0.3) is 11.5 Å². The minimum Gasteiger partial charge on any atom is -0.490 e. The molecule has 0 aliphatic carbocycles. The zero-order chi connectivity index (χ0) is 19.6. The highest BCUT2D eigenvalue weighted by atomic mass is 16.5. The Morgan fingerprint density at radius 2 is 1.85 bits per heavy atom. The minimum atomic E-state index is -0.0709. The number of nitrogens with zero attached hydrogens (tertiary/aromatic N) is 3. The van der Waals surface area contributed by atoms with Gasteiger partial charge in [0.1, 0.15) is 11.9 Å². The average Bonchev–Trinajstić information content (AvgIpc) is 2.66. The number of amides is 1. The van der Waals surface area contributed by atoms with Crippen molar-refractivity contribution in [2.75, 3.05) is 32.1 Å². The Morgan fingerprint density at radius 1 is 1.15 bits per heavy atom. The van der Waals surface area contributed by atoms with Crippen molar-refractivity contribution >= 4 is 11.6 Å². The van der Waals surface area contributed by atoms with Gasteiger partial charge in [-0.2, -0.15) is 0 Å².